The van der Waals surface area contributed by atoms with Gasteiger partial charge >= 0.3 is 0 Å². The van der Waals surface area contributed by atoms with E-state index in [1.54, 1.807) is 13.8 Å². The van der Waals surface area contributed by atoms with Crippen LogP contribution < -0.4 is 10.6 Å². The van der Waals surface area contributed by atoms with Gasteiger partial charge in [0.15, 0.2) is 5.78 Å². The van der Waals surface area contributed by atoms with Crippen LogP contribution in [-0.4, -0.2) is 30.2 Å². The Kier molecular flexibility index (Phi) is 12.3. The molecule has 0 spiro atoms. The summed E-state index contributed by atoms with van der Waals surface area (Å²) < 4.78 is 0. The molecule has 2 N–H and O–H groups in total. The first kappa shape index (κ1) is 19.9. The lowest BCUT2D eigenvalue weighted by atomic mass is 10.0. The normalized spacial score (nSPS) is 11.1. The van der Waals surface area contributed by atoms with Crippen molar-refractivity contribution in [1.82, 2.24) is 10.6 Å². The highest BCUT2D eigenvalue weighted by atomic mass is 16.2. The van der Waals surface area contributed by atoms with Gasteiger partial charge < -0.3 is 10.6 Å². The molecule has 0 aliphatic rings. The molecule has 0 aromatic rings. The van der Waals surface area contributed by atoms with Crippen molar-refractivity contribution in [3.8, 4) is 0 Å². The third kappa shape index (κ3) is 9.22. The van der Waals surface area contributed by atoms with Gasteiger partial charge in [-0.3, -0.25) is 14.4 Å². The maximum atomic E-state index is 11.8. The van der Waals surface area contributed by atoms with E-state index in [-0.39, 0.29) is 32.9 Å². The Morgan fingerprint density at radius 1 is 1.05 bits per heavy atom. The molecule has 5 nitrogen and oxygen atoms in total. The van der Waals surface area contributed by atoms with Gasteiger partial charge in [0, 0.05) is 15.7 Å². The highest BCUT2D eigenvalue weighted by Crippen LogP contribution is 2.02. The van der Waals surface area contributed by atoms with E-state index in [9.17, 15) is 14.4 Å². The maximum absolute atomic E-state index is 11.8. The van der Waals surface area contributed by atoms with Crippen LogP contribution in [0.1, 0.15) is 57.2 Å². The first-order valence-electron chi connectivity index (χ1n) is 7.01. The van der Waals surface area contributed by atoms with Crippen molar-refractivity contribution < 1.29 is 17.2 Å². The zero-order valence-corrected chi connectivity index (χ0v) is 13.0. The molecule has 0 aliphatic carbocycles. The van der Waals surface area contributed by atoms with Crippen LogP contribution in [0.25, 0.3) is 0 Å². The summed E-state index contributed by atoms with van der Waals surface area (Å²) in [6, 6.07) is -0.577. The summed E-state index contributed by atoms with van der Waals surface area (Å²) in [7, 11) is 0. The second-order valence-corrected chi connectivity index (χ2v) is 4.25. The van der Waals surface area contributed by atoms with E-state index < -0.39 is 6.04 Å². The van der Waals surface area contributed by atoms with Gasteiger partial charge in [0.05, 0.1) is 6.54 Å². The SMILES string of the molecule is CC.CCC(=O)CNC(=O)[C@@H](NC(=O)CC)C(C)C.[HH].[HH]. The summed E-state index contributed by atoms with van der Waals surface area (Å²) in [5.74, 6) is -0.505. The molecular weight excluding hydrogens is 244 g/mol. The molecule has 0 aromatic heterocycles. The Morgan fingerprint density at radius 3 is 1.95 bits per heavy atom. The van der Waals surface area contributed by atoms with Crippen molar-refractivity contribution in [2.75, 3.05) is 6.54 Å². The van der Waals surface area contributed by atoms with E-state index in [2.05, 4.69) is 10.6 Å². The van der Waals surface area contributed by atoms with Gasteiger partial charge in [-0.1, -0.05) is 41.5 Å². The maximum Gasteiger partial charge on any atom is 0.243 e. The lowest BCUT2D eigenvalue weighted by molar-refractivity contribution is -0.130. The molecule has 2 amide bonds. The van der Waals surface area contributed by atoms with Crippen LogP contribution in [0.3, 0.4) is 0 Å². The van der Waals surface area contributed by atoms with Gasteiger partial charge in [0.1, 0.15) is 6.04 Å². The molecule has 0 aromatic carbocycles. The summed E-state index contributed by atoms with van der Waals surface area (Å²) in [6.07, 6.45) is 0.734. The second-order valence-electron chi connectivity index (χ2n) is 4.25. The van der Waals surface area contributed by atoms with E-state index >= 15 is 0 Å². The zero-order chi connectivity index (χ0) is 15.4. The van der Waals surface area contributed by atoms with Gasteiger partial charge in [-0.2, -0.15) is 0 Å². The van der Waals surface area contributed by atoms with Gasteiger partial charge in [0.2, 0.25) is 11.8 Å². The molecule has 1 atom stereocenters. The lowest BCUT2D eigenvalue weighted by Crippen LogP contribution is -2.50. The quantitative estimate of drug-likeness (QED) is 0.748. The largest absolute Gasteiger partial charge is 0.347 e. The number of nitrogens with one attached hydrogen (secondary N) is 2. The second kappa shape index (κ2) is 11.7. The average molecular weight is 276 g/mol. The molecule has 5 heteroatoms. The minimum Gasteiger partial charge on any atom is -0.347 e. The van der Waals surface area contributed by atoms with Gasteiger partial charge in [0.25, 0.3) is 0 Å². The van der Waals surface area contributed by atoms with Crippen LogP contribution in [0.5, 0.6) is 0 Å². The lowest BCUT2D eigenvalue weighted by Gasteiger charge is -2.21. The minimum absolute atomic E-state index is 0. The van der Waals surface area contributed by atoms with E-state index in [0.717, 1.165) is 0 Å². The number of ketones is 1. The van der Waals surface area contributed by atoms with E-state index in [1.807, 2.05) is 27.7 Å². The molecule has 0 fully saturated rings. The van der Waals surface area contributed by atoms with Crippen LogP contribution in [0.4, 0.5) is 0 Å². The number of carbonyl (C=O) groups excluding carboxylic acids is 3. The molecule has 0 unspecified atom stereocenters. The standard InChI is InChI=1S/C12H22N2O3.C2H6.2H2/c1-5-9(15)7-13-12(17)11(8(3)4)14-10(16)6-2;1-2;;/h8,11H,5-7H2,1-4H3,(H,13,17)(H,14,16);1-2H3;2*1H/t11-;;;/m0.../s1. The number of amides is 2. The van der Waals surface area contributed by atoms with Crippen molar-refractivity contribution in [2.24, 2.45) is 5.92 Å². The van der Waals surface area contributed by atoms with Crippen molar-refractivity contribution in [2.45, 2.75) is 60.4 Å². The highest BCUT2D eigenvalue weighted by molar-refractivity contribution is 5.91. The Morgan fingerprint density at radius 2 is 1.58 bits per heavy atom. The smallest absolute Gasteiger partial charge is 0.243 e. The molecule has 0 radical (unpaired) electrons. The Labute approximate surface area is 119 Å². The number of rotatable bonds is 7. The van der Waals surface area contributed by atoms with Crippen LogP contribution >= 0.6 is 0 Å². The molecule has 116 valence electrons. The number of hydrogen-bond donors (Lipinski definition) is 2. The van der Waals surface area contributed by atoms with Crippen LogP contribution in [0.2, 0.25) is 0 Å². The van der Waals surface area contributed by atoms with Crippen molar-refractivity contribution in [3.63, 3.8) is 0 Å². The summed E-state index contributed by atoms with van der Waals surface area (Å²) in [5, 5.41) is 5.19. The third-order valence-corrected chi connectivity index (χ3v) is 2.44. The summed E-state index contributed by atoms with van der Waals surface area (Å²) in [5.41, 5.74) is 0. The Hall–Kier alpha value is -1.39. The van der Waals surface area contributed by atoms with Crippen molar-refractivity contribution in [1.29, 1.82) is 0 Å². The number of Topliss-reactive ketones (excluding diaryl/α,β-unsaturated/α-hetero) is 1. The zero-order valence-electron chi connectivity index (χ0n) is 13.0. The summed E-state index contributed by atoms with van der Waals surface area (Å²) in [4.78, 5) is 34.1. The molecule has 0 heterocycles. The monoisotopic (exact) mass is 276 g/mol. The number of hydrogen-bond acceptors (Lipinski definition) is 3. The Balaban J connectivity index is -0.000000344. The van der Waals surface area contributed by atoms with Crippen LogP contribution in [0, 0.1) is 5.92 Å². The van der Waals surface area contributed by atoms with Gasteiger partial charge in [-0.05, 0) is 5.92 Å². The molecule has 0 rings (SSSR count). The molecule has 0 saturated carbocycles. The molecule has 19 heavy (non-hydrogen) atoms. The van der Waals surface area contributed by atoms with Gasteiger partial charge in [-0.25, -0.2) is 0 Å². The van der Waals surface area contributed by atoms with Crippen molar-refractivity contribution in [3.05, 3.63) is 0 Å². The molecule has 0 saturated heterocycles. The summed E-state index contributed by atoms with van der Waals surface area (Å²) >= 11 is 0. The molecule has 0 bridgehead atoms. The fourth-order valence-electron chi connectivity index (χ4n) is 1.23. The minimum atomic E-state index is -0.577. The Bertz CT molecular complexity index is 298. The van der Waals surface area contributed by atoms with Crippen LogP contribution in [-0.2, 0) is 14.4 Å². The van der Waals surface area contributed by atoms with Gasteiger partial charge in [-0.15, -0.1) is 0 Å². The van der Waals surface area contributed by atoms with E-state index in [4.69, 9.17) is 0 Å². The first-order valence-corrected chi connectivity index (χ1v) is 7.01. The van der Waals surface area contributed by atoms with Crippen molar-refractivity contribution >= 4 is 17.6 Å². The average Bonchev–Trinajstić information content (AvgIpc) is 2.43. The van der Waals surface area contributed by atoms with E-state index in [1.165, 1.54) is 0 Å². The fraction of sp³-hybridized carbons (Fsp3) is 0.786. The predicted octanol–water partition coefficient (Wildman–Crippen LogP) is 2.15. The number of carbonyl (C=O) groups is 3. The summed E-state index contributed by atoms with van der Waals surface area (Å²) in [6.45, 7) is 11.2. The molecule has 0 aliphatic heterocycles. The van der Waals surface area contributed by atoms with E-state index in [0.29, 0.717) is 12.8 Å². The topological polar surface area (TPSA) is 75.3 Å². The third-order valence-electron chi connectivity index (χ3n) is 2.44. The predicted molar refractivity (Wildman–Crippen MR) is 80.9 cm³/mol. The molecular formula is C14H32N2O3. The van der Waals surface area contributed by atoms with Crippen LogP contribution in [0.15, 0.2) is 0 Å². The first-order chi connectivity index (χ1) is 8.92. The fourth-order valence-corrected chi connectivity index (χ4v) is 1.23. The highest BCUT2D eigenvalue weighted by Gasteiger charge is 2.23.